The van der Waals surface area contributed by atoms with E-state index in [1.807, 2.05) is 12.1 Å². The van der Waals surface area contributed by atoms with Crippen molar-refractivity contribution in [2.45, 2.75) is 13.5 Å². The fraction of sp³-hybridized carbons (Fsp3) is 0.500. The Morgan fingerprint density at radius 3 is 2.80 bits per heavy atom. The Morgan fingerprint density at radius 2 is 2.13 bits per heavy atom. The molecule has 0 atom stereocenters. The summed E-state index contributed by atoms with van der Waals surface area (Å²) >= 11 is 0. The third-order valence-corrected chi connectivity index (χ3v) is 2.61. The van der Waals surface area contributed by atoms with Gasteiger partial charge in [-0.05, 0) is 31.2 Å². The number of nitrogen functional groups attached to an aromatic ring is 1. The van der Waals surface area contributed by atoms with Crippen molar-refractivity contribution in [2.75, 3.05) is 33.0 Å². The van der Waals surface area contributed by atoms with E-state index in [2.05, 4.69) is 24.9 Å². The summed E-state index contributed by atoms with van der Waals surface area (Å²) < 4.78 is 5.04. The van der Waals surface area contributed by atoms with Crippen molar-refractivity contribution >= 4 is 5.69 Å². The molecule has 0 saturated carbocycles. The summed E-state index contributed by atoms with van der Waals surface area (Å²) in [6.45, 7) is 4.68. The van der Waals surface area contributed by atoms with Gasteiger partial charge in [0.25, 0.3) is 0 Å². The summed E-state index contributed by atoms with van der Waals surface area (Å²) in [5.41, 5.74) is 9.19. The van der Waals surface area contributed by atoms with Gasteiger partial charge >= 0.3 is 0 Å². The molecule has 1 aromatic carbocycles. The average Bonchev–Trinajstić information content (AvgIpc) is 2.22. The lowest BCUT2D eigenvalue weighted by Crippen LogP contribution is -2.22. The smallest absolute Gasteiger partial charge is 0.0589 e. The van der Waals surface area contributed by atoms with Crippen LogP contribution < -0.4 is 5.73 Å². The minimum Gasteiger partial charge on any atom is -0.399 e. The monoisotopic (exact) mass is 208 g/mol. The Kier molecular flexibility index (Phi) is 4.59. The van der Waals surface area contributed by atoms with Crippen LogP contribution in [0.2, 0.25) is 0 Å². The largest absolute Gasteiger partial charge is 0.399 e. The van der Waals surface area contributed by atoms with Crippen molar-refractivity contribution < 1.29 is 4.74 Å². The van der Waals surface area contributed by atoms with E-state index in [1.54, 1.807) is 7.11 Å². The Hall–Kier alpha value is -1.06. The van der Waals surface area contributed by atoms with Gasteiger partial charge in [-0.15, -0.1) is 0 Å². The van der Waals surface area contributed by atoms with Crippen molar-refractivity contribution in [3.05, 3.63) is 29.3 Å². The number of anilines is 1. The minimum absolute atomic E-state index is 0.762. The number of ether oxygens (including phenoxy) is 1. The molecule has 0 heterocycles. The van der Waals surface area contributed by atoms with Crippen molar-refractivity contribution in [2.24, 2.45) is 0 Å². The van der Waals surface area contributed by atoms with E-state index in [9.17, 15) is 0 Å². The highest BCUT2D eigenvalue weighted by Gasteiger charge is 2.04. The molecule has 0 bridgehead atoms. The summed E-state index contributed by atoms with van der Waals surface area (Å²) in [7, 11) is 3.81. The third-order valence-electron chi connectivity index (χ3n) is 2.61. The van der Waals surface area contributed by atoms with Crippen LogP contribution in [0.5, 0.6) is 0 Å². The lowest BCUT2D eigenvalue weighted by molar-refractivity contribution is 0.158. The van der Waals surface area contributed by atoms with Crippen molar-refractivity contribution in [3.63, 3.8) is 0 Å². The van der Waals surface area contributed by atoms with Gasteiger partial charge < -0.3 is 10.5 Å². The number of methoxy groups -OCH3 is 1. The van der Waals surface area contributed by atoms with Crippen LogP contribution in [0.3, 0.4) is 0 Å². The summed E-state index contributed by atoms with van der Waals surface area (Å²) in [5, 5.41) is 0. The molecule has 3 heteroatoms. The van der Waals surface area contributed by atoms with Gasteiger partial charge in [-0.2, -0.15) is 0 Å². The van der Waals surface area contributed by atoms with E-state index in [0.717, 1.165) is 25.4 Å². The van der Waals surface area contributed by atoms with Crippen LogP contribution in [-0.2, 0) is 11.3 Å². The Morgan fingerprint density at radius 1 is 1.40 bits per heavy atom. The van der Waals surface area contributed by atoms with Crippen LogP contribution >= 0.6 is 0 Å². The maximum Gasteiger partial charge on any atom is 0.0589 e. The first-order chi connectivity index (χ1) is 7.15. The summed E-state index contributed by atoms with van der Waals surface area (Å²) in [6.07, 6.45) is 0. The normalized spacial score (nSPS) is 10.9. The number of benzene rings is 1. The third kappa shape index (κ3) is 3.53. The van der Waals surface area contributed by atoms with Gasteiger partial charge in [0.05, 0.1) is 6.61 Å². The molecule has 0 aliphatic rings. The Labute approximate surface area is 91.8 Å². The number of rotatable bonds is 5. The number of nitrogens with two attached hydrogens (primary N) is 1. The molecule has 0 radical (unpaired) electrons. The van der Waals surface area contributed by atoms with Crippen LogP contribution in [0.25, 0.3) is 0 Å². The highest BCUT2D eigenvalue weighted by Crippen LogP contribution is 2.16. The van der Waals surface area contributed by atoms with Crippen LogP contribution in [-0.4, -0.2) is 32.2 Å². The molecule has 84 valence electrons. The second kappa shape index (κ2) is 5.73. The zero-order valence-corrected chi connectivity index (χ0v) is 9.79. The van der Waals surface area contributed by atoms with E-state index in [1.165, 1.54) is 11.1 Å². The molecule has 0 aromatic heterocycles. The van der Waals surface area contributed by atoms with Crippen LogP contribution in [0.1, 0.15) is 11.1 Å². The Balaban J connectivity index is 2.60. The molecular formula is C12H20N2O. The van der Waals surface area contributed by atoms with Crippen molar-refractivity contribution in [1.82, 2.24) is 4.90 Å². The van der Waals surface area contributed by atoms with Crippen LogP contribution in [0.4, 0.5) is 5.69 Å². The quantitative estimate of drug-likeness (QED) is 0.748. The second-order valence-corrected chi connectivity index (χ2v) is 3.86. The van der Waals surface area contributed by atoms with Gasteiger partial charge in [0.2, 0.25) is 0 Å². The molecule has 1 aromatic rings. The standard InChI is InChI=1S/C12H20N2O/c1-10-11(5-4-6-12(10)13)9-14(2)7-8-15-3/h4-6H,7-9,13H2,1-3H3. The summed E-state index contributed by atoms with van der Waals surface area (Å²) in [4.78, 5) is 2.23. The second-order valence-electron chi connectivity index (χ2n) is 3.86. The molecular weight excluding hydrogens is 188 g/mol. The van der Waals surface area contributed by atoms with Gasteiger partial charge in [0.1, 0.15) is 0 Å². The van der Waals surface area contributed by atoms with Gasteiger partial charge in [0.15, 0.2) is 0 Å². The molecule has 2 N–H and O–H groups in total. The number of hydrogen-bond donors (Lipinski definition) is 1. The predicted molar refractivity (Wildman–Crippen MR) is 63.8 cm³/mol. The zero-order chi connectivity index (χ0) is 11.3. The molecule has 1 rings (SSSR count). The van der Waals surface area contributed by atoms with Crippen LogP contribution in [0, 0.1) is 6.92 Å². The van der Waals surface area contributed by atoms with Crippen LogP contribution in [0.15, 0.2) is 18.2 Å². The zero-order valence-electron chi connectivity index (χ0n) is 9.79. The summed E-state index contributed by atoms with van der Waals surface area (Å²) in [6, 6.07) is 6.06. The number of hydrogen-bond acceptors (Lipinski definition) is 3. The molecule has 0 spiro atoms. The van der Waals surface area contributed by atoms with Gasteiger partial charge in [-0.25, -0.2) is 0 Å². The molecule has 0 fully saturated rings. The maximum atomic E-state index is 5.85. The maximum absolute atomic E-state index is 5.85. The minimum atomic E-state index is 0.762. The first-order valence-corrected chi connectivity index (χ1v) is 5.16. The molecule has 0 saturated heterocycles. The Bertz CT molecular complexity index is 312. The number of nitrogens with zero attached hydrogens (tertiary/aromatic N) is 1. The van der Waals surface area contributed by atoms with E-state index in [-0.39, 0.29) is 0 Å². The molecule has 0 unspecified atom stereocenters. The highest BCUT2D eigenvalue weighted by atomic mass is 16.5. The topological polar surface area (TPSA) is 38.5 Å². The van der Waals surface area contributed by atoms with E-state index in [0.29, 0.717) is 0 Å². The first kappa shape index (κ1) is 12.0. The average molecular weight is 208 g/mol. The summed E-state index contributed by atoms with van der Waals surface area (Å²) in [5.74, 6) is 0. The molecule has 15 heavy (non-hydrogen) atoms. The fourth-order valence-electron chi connectivity index (χ4n) is 1.49. The number of likely N-dealkylation sites (N-methyl/N-ethyl adjacent to an activating group) is 1. The van der Waals surface area contributed by atoms with E-state index >= 15 is 0 Å². The van der Waals surface area contributed by atoms with Crippen molar-refractivity contribution in [3.8, 4) is 0 Å². The fourth-order valence-corrected chi connectivity index (χ4v) is 1.49. The predicted octanol–water partition coefficient (Wildman–Crippen LogP) is 1.66. The molecule has 0 aliphatic carbocycles. The SMILES string of the molecule is COCCN(C)Cc1cccc(N)c1C. The van der Waals surface area contributed by atoms with Gasteiger partial charge in [-0.1, -0.05) is 12.1 Å². The molecule has 0 amide bonds. The van der Waals surface area contributed by atoms with Crippen molar-refractivity contribution in [1.29, 1.82) is 0 Å². The van der Waals surface area contributed by atoms with E-state index < -0.39 is 0 Å². The highest BCUT2D eigenvalue weighted by molar-refractivity contribution is 5.49. The lowest BCUT2D eigenvalue weighted by atomic mass is 10.1. The lowest BCUT2D eigenvalue weighted by Gasteiger charge is -2.18. The van der Waals surface area contributed by atoms with E-state index in [4.69, 9.17) is 10.5 Å². The van der Waals surface area contributed by atoms with Gasteiger partial charge in [-0.3, -0.25) is 4.90 Å². The molecule has 0 aliphatic heterocycles. The molecule has 3 nitrogen and oxygen atoms in total. The first-order valence-electron chi connectivity index (χ1n) is 5.16. The van der Waals surface area contributed by atoms with Gasteiger partial charge in [0, 0.05) is 25.9 Å².